The van der Waals surface area contributed by atoms with Gasteiger partial charge in [0, 0.05) is 6.42 Å². The fraction of sp³-hybridized carbons (Fsp3) is 0.794. The smallest absolute Gasteiger partial charge is 0.268 e. The minimum Gasteiger partial charge on any atom is -0.756 e. The van der Waals surface area contributed by atoms with Crippen molar-refractivity contribution in [3.05, 3.63) is 36.5 Å². The molecule has 2 N–H and O–H groups in total. The highest BCUT2D eigenvalue weighted by Gasteiger charge is 2.23. The third kappa shape index (κ3) is 29.2. The molecule has 0 saturated heterocycles. The Morgan fingerprint density at radius 3 is 1.88 bits per heavy atom. The van der Waals surface area contributed by atoms with Gasteiger partial charge in [-0.15, -0.1) is 0 Å². The van der Waals surface area contributed by atoms with Gasteiger partial charge in [-0.2, -0.15) is 0 Å². The summed E-state index contributed by atoms with van der Waals surface area (Å²) in [6.45, 7) is 4.34. The van der Waals surface area contributed by atoms with Gasteiger partial charge in [0.05, 0.1) is 39.9 Å². The number of hydrogen-bond donors (Lipinski definition) is 2. The summed E-state index contributed by atoms with van der Waals surface area (Å²) in [6.07, 6.45) is 29.2. The van der Waals surface area contributed by atoms with E-state index in [1.165, 1.54) is 57.8 Å². The summed E-state index contributed by atoms with van der Waals surface area (Å²) in [5, 5.41) is 13.6. The Kier molecular flexibility index (Phi) is 26.3. The second-order valence-electron chi connectivity index (χ2n) is 12.5. The molecule has 0 fully saturated rings. The molecule has 0 aliphatic rings. The third-order valence-corrected chi connectivity index (χ3v) is 8.14. The highest BCUT2D eigenvalue weighted by molar-refractivity contribution is 7.45. The highest BCUT2D eigenvalue weighted by atomic mass is 31.2. The number of likely N-dealkylation sites (N-methyl/N-ethyl adjacent to an activating group) is 1. The first-order valence-electron chi connectivity index (χ1n) is 16.8. The maximum absolute atomic E-state index is 12.7. The van der Waals surface area contributed by atoms with Crippen LogP contribution in [-0.2, 0) is 18.4 Å². The van der Waals surface area contributed by atoms with E-state index in [0.717, 1.165) is 44.9 Å². The van der Waals surface area contributed by atoms with Crippen LogP contribution in [0.25, 0.3) is 0 Å². The summed E-state index contributed by atoms with van der Waals surface area (Å²) < 4.78 is 22.9. The fourth-order valence-electron chi connectivity index (χ4n) is 4.42. The molecular formula is C34H65N2O6P. The van der Waals surface area contributed by atoms with Crippen molar-refractivity contribution in [2.75, 3.05) is 40.9 Å². The molecule has 0 spiro atoms. The molecule has 3 unspecified atom stereocenters. The Balaban J connectivity index is 4.63. The highest BCUT2D eigenvalue weighted by Crippen LogP contribution is 2.38. The van der Waals surface area contributed by atoms with Crippen LogP contribution in [0.4, 0.5) is 0 Å². The van der Waals surface area contributed by atoms with Crippen LogP contribution in [0.15, 0.2) is 36.5 Å². The van der Waals surface area contributed by atoms with Crippen molar-refractivity contribution in [3.8, 4) is 0 Å². The lowest BCUT2D eigenvalue weighted by molar-refractivity contribution is -0.870. The lowest BCUT2D eigenvalue weighted by Gasteiger charge is -2.29. The van der Waals surface area contributed by atoms with Crippen molar-refractivity contribution < 1.29 is 32.9 Å². The molecule has 8 nitrogen and oxygen atoms in total. The Morgan fingerprint density at radius 2 is 1.35 bits per heavy atom. The molecule has 0 saturated carbocycles. The zero-order valence-corrected chi connectivity index (χ0v) is 29.0. The Labute approximate surface area is 264 Å². The van der Waals surface area contributed by atoms with Crippen molar-refractivity contribution >= 4 is 13.7 Å². The maximum Gasteiger partial charge on any atom is 0.268 e. The molecule has 0 bridgehead atoms. The molecular weight excluding hydrogens is 563 g/mol. The number of carbonyl (C=O) groups is 1. The second-order valence-corrected chi connectivity index (χ2v) is 13.9. The van der Waals surface area contributed by atoms with E-state index in [1.54, 1.807) is 6.08 Å². The number of hydrogen-bond acceptors (Lipinski definition) is 6. The largest absolute Gasteiger partial charge is 0.756 e. The van der Waals surface area contributed by atoms with Crippen molar-refractivity contribution in [3.63, 3.8) is 0 Å². The average Bonchev–Trinajstić information content (AvgIpc) is 2.94. The summed E-state index contributed by atoms with van der Waals surface area (Å²) in [5.74, 6) is -0.219. The number of nitrogens with one attached hydrogen (secondary N) is 1. The molecule has 0 aromatic carbocycles. The van der Waals surface area contributed by atoms with Crippen LogP contribution in [-0.4, -0.2) is 68.5 Å². The number of phosphoric acid groups is 1. The number of allylic oxidation sites excluding steroid dienone is 5. The average molecular weight is 629 g/mol. The fourth-order valence-corrected chi connectivity index (χ4v) is 5.15. The number of phosphoric ester groups is 1. The molecule has 43 heavy (non-hydrogen) atoms. The Hall–Kier alpha value is -1.28. The summed E-state index contributed by atoms with van der Waals surface area (Å²) in [5.41, 5.74) is 0. The van der Waals surface area contributed by atoms with Crippen LogP contribution in [0.5, 0.6) is 0 Å². The third-order valence-electron chi connectivity index (χ3n) is 7.18. The molecule has 9 heteroatoms. The zero-order valence-electron chi connectivity index (χ0n) is 28.1. The van der Waals surface area contributed by atoms with E-state index >= 15 is 0 Å². The van der Waals surface area contributed by atoms with Gasteiger partial charge in [-0.05, 0) is 39.0 Å². The van der Waals surface area contributed by atoms with Crippen LogP contribution >= 0.6 is 7.82 Å². The molecule has 0 aromatic heterocycles. The van der Waals surface area contributed by atoms with Gasteiger partial charge in [0.1, 0.15) is 13.2 Å². The van der Waals surface area contributed by atoms with Crippen LogP contribution in [0.3, 0.4) is 0 Å². The van der Waals surface area contributed by atoms with E-state index in [2.05, 4.69) is 30.5 Å². The molecule has 0 aliphatic heterocycles. The van der Waals surface area contributed by atoms with E-state index in [4.69, 9.17) is 9.05 Å². The SMILES string of the molecule is C/C=C/CC/C=C/CC/C=C/C(O)C(COP(=O)([O-])OCC[N+](C)(C)C)NC(=O)CCCCCCCCCCCCCC. The van der Waals surface area contributed by atoms with Crippen LogP contribution in [0.1, 0.15) is 123 Å². The molecule has 0 radical (unpaired) electrons. The van der Waals surface area contributed by atoms with Crippen molar-refractivity contribution in [1.82, 2.24) is 5.32 Å². The zero-order chi connectivity index (χ0) is 32.2. The number of aliphatic hydroxyl groups excluding tert-OH is 1. The van der Waals surface area contributed by atoms with Gasteiger partial charge in [0.2, 0.25) is 5.91 Å². The summed E-state index contributed by atoms with van der Waals surface area (Å²) in [6, 6.07) is -0.901. The van der Waals surface area contributed by atoms with Crippen LogP contribution in [0, 0.1) is 0 Å². The monoisotopic (exact) mass is 628 g/mol. The minimum atomic E-state index is -4.58. The van der Waals surface area contributed by atoms with Crippen molar-refractivity contribution in [2.45, 2.75) is 135 Å². The van der Waals surface area contributed by atoms with E-state index in [-0.39, 0.29) is 12.5 Å². The van der Waals surface area contributed by atoms with Gasteiger partial charge in [0.25, 0.3) is 7.82 Å². The van der Waals surface area contributed by atoms with Crippen molar-refractivity contribution in [1.29, 1.82) is 0 Å². The van der Waals surface area contributed by atoms with E-state index < -0.39 is 26.6 Å². The first kappa shape index (κ1) is 41.7. The van der Waals surface area contributed by atoms with Gasteiger partial charge >= 0.3 is 0 Å². The number of amides is 1. The molecule has 0 aromatic rings. The normalized spacial score (nSPS) is 15.4. The first-order valence-corrected chi connectivity index (χ1v) is 18.3. The molecule has 0 aliphatic carbocycles. The Bertz CT molecular complexity index is 809. The second kappa shape index (κ2) is 27.1. The minimum absolute atomic E-state index is 0.00896. The predicted octanol–water partition coefficient (Wildman–Crippen LogP) is 7.38. The van der Waals surface area contributed by atoms with E-state index in [9.17, 15) is 19.4 Å². The number of unbranched alkanes of at least 4 members (excludes halogenated alkanes) is 13. The summed E-state index contributed by atoms with van der Waals surface area (Å²) in [7, 11) is 1.23. The molecule has 252 valence electrons. The van der Waals surface area contributed by atoms with Gasteiger partial charge in [-0.1, -0.05) is 114 Å². The van der Waals surface area contributed by atoms with Crippen LogP contribution < -0.4 is 10.2 Å². The van der Waals surface area contributed by atoms with E-state index in [0.29, 0.717) is 17.4 Å². The standard InChI is InChI=1S/C34H65N2O6P/c1-6-8-10-12-14-16-17-18-20-22-24-26-28-34(38)35-32(31-42-43(39,40)41-30-29-36(3,4)5)33(37)27-25-23-21-19-15-13-11-9-7-2/h7,9,15,19,25,27,32-33,37H,6,8,10-14,16-18,20-24,26,28-31H2,1-5H3,(H-,35,38,39,40)/b9-7+,19-15+,27-25+. The lowest BCUT2D eigenvalue weighted by atomic mass is 10.0. The van der Waals surface area contributed by atoms with Gasteiger partial charge in [-0.3, -0.25) is 9.36 Å². The van der Waals surface area contributed by atoms with E-state index in [1.807, 2.05) is 40.2 Å². The first-order chi connectivity index (χ1) is 20.5. The molecule has 1 amide bonds. The Morgan fingerprint density at radius 1 is 0.837 bits per heavy atom. The number of carbonyl (C=O) groups excluding carboxylic acids is 1. The van der Waals surface area contributed by atoms with Gasteiger partial charge in [-0.25, -0.2) is 0 Å². The van der Waals surface area contributed by atoms with Crippen molar-refractivity contribution in [2.24, 2.45) is 0 Å². The predicted molar refractivity (Wildman–Crippen MR) is 178 cm³/mol. The lowest BCUT2D eigenvalue weighted by Crippen LogP contribution is -2.45. The molecule has 3 atom stereocenters. The molecule has 0 rings (SSSR count). The number of nitrogens with zero attached hydrogens (tertiary/aromatic N) is 1. The van der Waals surface area contributed by atoms with Crippen LogP contribution in [0.2, 0.25) is 0 Å². The number of quaternary nitrogens is 1. The maximum atomic E-state index is 12.7. The quantitative estimate of drug-likeness (QED) is 0.0387. The van der Waals surface area contributed by atoms with Gasteiger partial charge in [0.15, 0.2) is 0 Å². The topological polar surface area (TPSA) is 108 Å². The summed E-state index contributed by atoms with van der Waals surface area (Å²) >= 11 is 0. The van der Waals surface area contributed by atoms with Gasteiger partial charge < -0.3 is 28.8 Å². The number of rotatable bonds is 29. The molecule has 0 heterocycles. The number of aliphatic hydroxyl groups is 1. The summed E-state index contributed by atoms with van der Waals surface area (Å²) in [4.78, 5) is 25.0.